The lowest BCUT2D eigenvalue weighted by molar-refractivity contribution is -0.000140. The summed E-state index contributed by atoms with van der Waals surface area (Å²) in [6.45, 7) is 4.46. The van der Waals surface area contributed by atoms with Crippen LogP contribution in [0.4, 0.5) is 4.39 Å². The van der Waals surface area contributed by atoms with Gasteiger partial charge in [0, 0.05) is 57.9 Å². The molecular weight excluding hydrogens is 465 g/mol. The van der Waals surface area contributed by atoms with E-state index in [1.165, 1.54) is 21.6 Å². The molecule has 0 unspecified atom stereocenters. The van der Waals surface area contributed by atoms with Crippen molar-refractivity contribution < 1.29 is 14.3 Å². The van der Waals surface area contributed by atoms with Crippen LogP contribution in [-0.4, -0.2) is 80.2 Å². The van der Waals surface area contributed by atoms with Crippen LogP contribution in [0, 0.1) is 5.82 Å². The van der Waals surface area contributed by atoms with Gasteiger partial charge in [-0.1, -0.05) is 31.4 Å². The van der Waals surface area contributed by atoms with Gasteiger partial charge in [0.2, 0.25) is 5.75 Å². The van der Waals surface area contributed by atoms with Crippen LogP contribution in [0.1, 0.15) is 48.2 Å². The molecule has 194 valence electrons. The third-order valence-electron chi connectivity index (χ3n) is 8.18. The molecule has 2 fully saturated rings. The van der Waals surface area contributed by atoms with Gasteiger partial charge < -0.3 is 14.9 Å². The van der Waals surface area contributed by atoms with Gasteiger partial charge >= 0.3 is 5.69 Å². The first-order valence-electron chi connectivity index (χ1n) is 12.8. The Morgan fingerprint density at radius 2 is 1.58 bits per heavy atom. The Kier molecular flexibility index (Phi) is 6.74. The van der Waals surface area contributed by atoms with Crippen LogP contribution in [0.2, 0.25) is 0 Å². The van der Waals surface area contributed by atoms with Crippen LogP contribution in [0.3, 0.4) is 0 Å². The van der Waals surface area contributed by atoms with E-state index in [-0.39, 0.29) is 43.2 Å². The smallest absolute Gasteiger partial charge is 0.331 e. The zero-order chi connectivity index (χ0) is 25.4. The van der Waals surface area contributed by atoms with E-state index in [4.69, 9.17) is 0 Å². The standard InChI is InChI=1S/C26H34FN5O4/c1-28-11-14-30(15-12-28)26(9-3-2-4-10-26)18-32-24(35)22(33)21-23(34)29(13-16-31(21)25(32)36)17-19-5-7-20(27)8-6-19/h5-8,33H,2-4,9-18H2,1H3. The minimum Gasteiger partial charge on any atom is -0.501 e. The zero-order valence-electron chi connectivity index (χ0n) is 20.8. The summed E-state index contributed by atoms with van der Waals surface area (Å²) < 4.78 is 15.7. The number of fused-ring (bicyclic) bond motifs is 1. The fourth-order valence-electron chi connectivity index (χ4n) is 6.04. The Morgan fingerprint density at radius 3 is 2.25 bits per heavy atom. The number of aromatic nitrogens is 2. The predicted octanol–water partition coefficient (Wildman–Crippen LogP) is 1.46. The quantitative estimate of drug-likeness (QED) is 0.670. The Morgan fingerprint density at radius 1 is 0.917 bits per heavy atom. The van der Waals surface area contributed by atoms with Crippen LogP contribution in [0.25, 0.3) is 0 Å². The highest BCUT2D eigenvalue weighted by Crippen LogP contribution is 2.35. The molecule has 1 N–H and O–H groups in total. The molecule has 1 aromatic carbocycles. The maximum atomic E-state index is 13.6. The van der Waals surface area contributed by atoms with Gasteiger partial charge in [-0.15, -0.1) is 0 Å². The van der Waals surface area contributed by atoms with Crippen molar-refractivity contribution in [1.82, 2.24) is 23.8 Å². The van der Waals surface area contributed by atoms with Crippen LogP contribution in [0.5, 0.6) is 5.75 Å². The Labute approximate surface area is 209 Å². The van der Waals surface area contributed by atoms with Crippen molar-refractivity contribution in [3.05, 3.63) is 62.2 Å². The number of hydrogen-bond donors (Lipinski definition) is 1. The molecule has 1 saturated carbocycles. The first-order chi connectivity index (χ1) is 17.3. The molecule has 3 heterocycles. The van der Waals surface area contributed by atoms with Crippen molar-refractivity contribution in [3.8, 4) is 5.75 Å². The second kappa shape index (κ2) is 9.82. The molecule has 0 bridgehead atoms. The highest BCUT2D eigenvalue weighted by atomic mass is 19.1. The molecule has 1 saturated heterocycles. The first-order valence-corrected chi connectivity index (χ1v) is 12.8. The maximum absolute atomic E-state index is 13.6. The van der Waals surface area contributed by atoms with Gasteiger partial charge in [-0.25, -0.2) is 9.18 Å². The maximum Gasteiger partial charge on any atom is 0.331 e. The number of halogens is 1. The van der Waals surface area contributed by atoms with E-state index in [1.807, 2.05) is 0 Å². The van der Waals surface area contributed by atoms with Crippen LogP contribution < -0.4 is 11.2 Å². The topological polar surface area (TPSA) is 91.0 Å². The van der Waals surface area contributed by atoms with Gasteiger partial charge in [0.15, 0.2) is 5.69 Å². The van der Waals surface area contributed by atoms with E-state index in [0.29, 0.717) is 0 Å². The molecule has 36 heavy (non-hydrogen) atoms. The lowest BCUT2D eigenvalue weighted by Crippen LogP contribution is -2.61. The number of piperazine rings is 1. The van der Waals surface area contributed by atoms with E-state index < -0.39 is 22.9 Å². The van der Waals surface area contributed by atoms with E-state index >= 15 is 0 Å². The van der Waals surface area contributed by atoms with Crippen molar-refractivity contribution in [2.24, 2.45) is 0 Å². The summed E-state index contributed by atoms with van der Waals surface area (Å²) in [6.07, 6.45) is 5.01. The van der Waals surface area contributed by atoms with Crippen molar-refractivity contribution in [3.63, 3.8) is 0 Å². The third-order valence-corrected chi connectivity index (χ3v) is 8.18. The predicted molar refractivity (Wildman–Crippen MR) is 133 cm³/mol. The molecule has 0 atom stereocenters. The lowest BCUT2D eigenvalue weighted by Gasteiger charge is -2.49. The molecule has 5 rings (SSSR count). The highest BCUT2D eigenvalue weighted by molar-refractivity contribution is 5.95. The molecule has 1 aromatic heterocycles. The number of carbonyl (C=O) groups excluding carboxylic acids is 1. The number of amides is 1. The van der Waals surface area contributed by atoms with Crippen molar-refractivity contribution >= 4 is 5.91 Å². The number of nitrogens with zero attached hydrogens (tertiary/aromatic N) is 5. The van der Waals surface area contributed by atoms with Crippen molar-refractivity contribution in [2.45, 2.75) is 57.3 Å². The first kappa shape index (κ1) is 24.7. The van der Waals surface area contributed by atoms with Crippen LogP contribution >= 0.6 is 0 Å². The number of benzene rings is 1. The Hall–Kier alpha value is -2.98. The van der Waals surface area contributed by atoms with Gasteiger partial charge in [-0.3, -0.25) is 23.6 Å². The van der Waals surface area contributed by atoms with E-state index in [1.54, 1.807) is 12.1 Å². The van der Waals surface area contributed by atoms with Crippen molar-refractivity contribution in [2.75, 3.05) is 39.8 Å². The SMILES string of the molecule is CN1CCN(C2(Cn3c(=O)c(O)c4n(c3=O)CCN(Cc3ccc(F)cc3)C4=O)CCCCC2)CC1. The number of aromatic hydroxyl groups is 1. The molecule has 1 amide bonds. The minimum absolute atomic E-state index is 0.177. The van der Waals surface area contributed by atoms with Crippen LogP contribution in [0.15, 0.2) is 33.9 Å². The second-order valence-corrected chi connectivity index (χ2v) is 10.5. The van der Waals surface area contributed by atoms with Gasteiger partial charge in [-0.05, 0) is 37.6 Å². The second-order valence-electron chi connectivity index (χ2n) is 10.5. The molecule has 3 aliphatic rings. The minimum atomic E-state index is -0.803. The normalized spacial score (nSPS) is 20.9. The summed E-state index contributed by atoms with van der Waals surface area (Å²) in [5.74, 6) is -1.62. The zero-order valence-corrected chi connectivity index (χ0v) is 20.8. The summed E-state index contributed by atoms with van der Waals surface area (Å²) in [5.41, 5.74) is -1.19. The summed E-state index contributed by atoms with van der Waals surface area (Å²) >= 11 is 0. The molecule has 0 radical (unpaired) electrons. The average Bonchev–Trinajstić information content (AvgIpc) is 2.88. The average molecular weight is 500 g/mol. The number of hydrogen-bond acceptors (Lipinski definition) is 6. The highest BCUT2D eigenvalue weighted by Gasteiger charge is 2.41. The number of carbonyl (C=O) groups is 1. The summed E-state index contributed by atoms with van der Waals surface area (Å²) in [6, 6.07) is 5.81. The molecule has 2 aromatic rings. The molecule has 0 spiro atoms. The largest absolute Gasteiger partial charge is 0.501 e. The van der Waals surface area contributed by atoms with Crippen LogP contribution in [-0.2, 0) is 19.6 Å². The number of likely N-dealkylation sites (N-methyl/N-ethyl adjacent to an activating group) is 1. The van der Waals surface area contributed by atoms with E-state index in [2.05, 4.69) is 16.8 Å². The van der Waals surface area contributed by atoms with Gasteiger partial charge in [0.1, 0.15) is 5.82 Å². The molecule has 2 aliphatic heterocycles. The monoisotopic (exact) mass is 499 g/mol. The summed E-state index contributed by atoms with van der Waals surface area (Å²) in [4.78, 5) is 46.3. The third kappa shape index (κ3) is 4.48. The Balaban J connectivity index is 1.46. The van der Waals surface area contributed by atoms with E-state index in [0.717, 1.165) is 68.4 Å². The molecule has 1 aliphatic carbocycles. The molecule has 9 nitrogen and oxygen atoms in total. The fourth-order valence-corrected chi connectivity index (χ4v) is 6.04. The summed E-state index contributed by atoms with van der Waals surface area (Å²) in [5, 5.41) is 10.9. The Bertz CT molecular complexity index is 1240. The summed E-state index contributed by atoms with van der Waals surface area (Å²) in [7, 11) is 2.10. The number of rotatable bonds is 5. The fraction of sp³-hybridized carbons (Fsp3) is 0.577. The van der Waals surface area contributed by atoms with Gasteiger partial charge in [-0.2, -0.15) is 0 Å². The van der Waals surface area contributed by atoms with Crippen molar-refractivity contribution in [1.29, 1.82) is 0 Å². The van der Waals surface area contributed by atoms with E-state index in [9.17, 15) is 23.9 Å². The van der Waals surface area contributed by atoms with Gasteiger partial charge in [0.25, 0.3) is 11.5 Å². The van der Waals surface area contributed by atoms with Gasteiger partial charge in [0.05, 0.1) is 0 Å². The molecular formula is C26H34FN5O4. The molecule has 10 heteroatoms. The lowest BCUT2D eigenvalue weighted by atomic mass is 9.79.